The van der Waals surface area contributed by atoms with Gasteiger partial charge in [-0.2, -0.15) is 0 Å². The zero-order valence-corrected chi connectivity index (χ0v) is 47.2. The number of para-hydroxylation sites is 1. The van der Waals surface area contributed by atoms with Crippen molar-refractivity contribution in [2.75, 3.05) is 23.7 Å². The van der Waals surface area contributed by atoms with Crippen molar-refractivity contribution in [2.45, 2.75) is 113 Å². The molecule has 1 aliphatic heterocycles. The summed E-state index contributed by atoms with van der Waals surface area (Å²) in [5, 5.41) is 57.4. The van der Waals surface area contributed by atoms with Crippen molar-refractivity contribution in [1.82, 2.24) is 42.5 Å². The summed E-state index contributed by atoms with van der Waals surface area (Å²) in [6.07, 6.45) is -2.20. The van der Waals surface area contributed by atoms with Gasteiger partial charge in [0.2, 0.25) is 47.3 Å². The number of hydrogen-bond donors (Lipinski definition) is 14. The van der Waals surface area contributed by atoms with Gasteiger partial charge in [0.15, 0.2) is 0 Å². The molecule has 6 rings (SSSR count). The predicted molar refractivity (Wildman–Crippen MR) is 314 cm³/mol. The van der Waals surface area contributed by atoms with E-state index in [0.717, 1.165) is 5.56 Å². The van der Waals surface area contributed by atoms with Crippen LogP contribution in [0.4, 0.5) is 16.2 Å². The number of aliphatic hydroxyl groups is 1. The normalized spacial score (nSPS) is 19.8. The van der Waals surface area contributed by atoms with Crippen LogP contribution in [0, 0.1) is 0 Å². The lowest BCUT2D eigenvalue weighted by Crippen LogP contribution is -2.62. The Morgan fingerprint density at radius 3 is 1.75 bits per heavy atom. The minimum Gasteiger partial charge on any atom is -0.508 e. The van der Waals surface area contributed by atoms with Gasteiger partial charge in [0, 0.05) is 42.2 Å². The summed E-state index contributed by atoms with van der Waals surface area (Å²) in [5.74, 6) is -7.91. The maximum Gasteiger partial charge on any atom is 0.323 e. The van der Waals surface area contributed by atoms with Gasteiger partial charge < -0.3 is 79.0 Å². The van der Waals surface area contributed by atoms with Crippen molar-refractivity contribution < 1.29 is 63.3 Å². The molecule has 85 heavy (non-hydrogen) atoms. The van der Waals surface area contributed by atoms with Gasteiger partial charge in [0.25, 0.3) is 0 Å². The molecule has 0 saturated carbocycles. The third kappa shape index (κ3) is 21.4. The maximum atomic E-state index is 14.9. The summed E-state index contributed by atoms with van der Waals surface area (Å²) < 4.78 is 0. The van der Waals surface area contributed by atoms with Crippen LogP contribution >= 0.6 is 11.6 Å². The van der Waals surface area contributed by atoms with Crippen LogP contribution in [0.5, 0.6) is 11.5 Å². The average Bonchev–Trinajstić information content (AvgIpc) is 3.54. The summed E-state index contributed by atoms with van der Waals surface area (Å²) in [4.78, 5) is 140. The number of aromatic hydroxyl groups is 2. The number of amides is 10. The first-order chi connectivity index (χ1) is 40.7. The molecule has 1 fully saturated rings. The van der Waals surface area contributed by atoms with Crippen LogP contribution in [-0.2, 0) is 68.8 Å². The highest BCUT2D eigenvalue weighted by Crippen LogP contribution is 2.18. The SMILES string of the molecule is CC(O)C1NC(=O)[C@H](CCCCN)NC(=O)[C@@H](Cc2ccc(NC(=O)Nc3ccccc3)cc2)NC(=O)[C@H](Cc2ccc(O)cc2)NC(=O)[C@H](NC(=O)CCc2ccc(Cl)cc2)CNC(=O)C[C@@H](C(=O)N[C@@H](C=O)Cc2ccc(O)cc2)NC1=O. The fourth-order valence-corrected chi connectivity index (χ4v) is 9.06. The highest BCUT2D eigenvalue weighted by atomic mass is 35.5. The maximum absolute atomic E-state index is 14.9. The van der Waals surface area contributed by atoms with E-state index in [9.17, 15) is 63.3 Å². The molecular formula is C60H70ClN11O13. The van der Waals surface area contributed by atoms with E-state index in [1.807, 2.05) is 0 Å². The summed E-state index contributed by atoms with van der Waals surface area (Å²) in [6, 6.07) is 21.4. The number of aldehydes is 1. The summed E-state index contributed by atoms with van der Waals surface area (Å²) in [7, 11) is 0. The number of rotatable bonds is 20. The Morgan fingerprint density at radius 1 is 0.647 bits per heavy atom. The smallest absolute Gasteiger partial charge is 0.323 e. The molecule has 0 spiro atoms. The summed E-state index contributed by atoms with van der Waals surface area (Å²) >= 11 is 6.07. The molecule has 2 unspecified atom stereocenters. The highest BCUT2D eigenvalue weighted by molar-refractivity contribution is 6.30. The van der Waals surface area contributed by atoms with Crippen molar-refractivity contribution in [1.29, 1.82) is 0 Å². The standard InChI is InChI=1S/C60H70ClN11O13/c1-35(74)53-59(84)71-49(55(80)64-43(34-73)29-37-14-23-44(75)24-15-37)32-52(78)63-33-50(67-51(77)27-18-36-10-19-40(61)20-11-36)58(83)70-48(31-39-16-25-45(76)26-17-39)57(82)69-47(56(81)68-46(54(79)72-53)9-5-6-28-62)30-38-12-21-42(22-13-38)66-60(85)65-41-7-3-2-4-8-41/h2-4,7-8,10-17,19-26,34-35,43,46-50,53,74-76H,5-6,9,18,27-33,62H2,1H3,(H,63,78)(H,64,80)(H,67,77)(H,68,81)(H,69,82)(H,70,83)(H,71,84)(H,72,79)(H2,65,66,85)/t35?,43-,46+,47-,48+,49+,50-,53?/m1/s1. The second-order valence-corrected chi connectivity index (χ2v) is 20.8. The number of nitrogens with two attached hydrogens (primary N) is 1. The van der Waals surface area contributed by atoms with Gasteiger partial charge in [0.1, 0.15) is 54.0 Å². The molecule has 0 aliphatic carbocycles. The van der Waals surface area contributed by atoms with E-state index < -0.39 is 115 Å². The number of urea groups is 1. The van der Waals surface area contributed by atoms with Crippen LogP contribution in [0.3, 0.4) is 0 Å². The zero-order valence-electron chi connectivity index (χ0n) is 46.5. The first-order valence-electron chi connectivity index (χ1n) is 27.5. The molecule has 0 aromatic heterocycles. The number of nitrogens with one attached hydrogen (secondary N) is 10. The number of benzene rings is 5. The van der Waals surface area contributed by atoms with E-state index in [2.05, 4.69) is 53.2 Å². The van der Waals surface area contributed by atoms with Crippen molar-refractivity contribution in [3.63, 3.8) is 0 Å². The number of aliphatic hydroxyl groups excluding tert-OH is 1. The van der Waals surface area contributed by atoms with Gasteiger partial charge in [-0.25, -0.2) is 4.79 Å². The van der Waals surface area contributed by atoms with Crippen molar-refractivity contribution in [3.05, 3.63) is 155 Å². The number of phenols is 2. The minimum atomic E-state index is -1.85. The summed E-state index contributed by atoms with van der Waals surface area (Å²) in [5.41, 5.74) is 8.80. The van der Waals surface area contributed by atoms with E-state index in [1.165, 1.54) is 55.5 Å². The second kappa shape index (κ2) is 32.5. The molecule has 450 valence electrons. The van der Waals surface area contributed by atoms with Crippen molar-refractivity contribution in [2.24, 2.45) is 5.73 Å². The van der Waals surface area contributed by atoms with Crippen LogP contribution in [0.2, 0.25) is 5.02 Å². The minimum absolute atomic E-state index is 0.0579. The molecule has 1 heterocycles. The highest BCUT2D eigenvalue weighted by Gasteiger charge is 2.36. The quantitative estimate of drug-likeness (QED) is 0.0390. The van der Waals surface area contributed by atoms with E-state index >= 15 is 0 Å². The van der Waals surface area contributed by atoms with Gasteiger partial charge in [-0.3, -0.25) is 38.4 Å². The Morgan fingerprint density at radius 2 is 1.18 bits per heavy atom. The van der Waals surface area contributed by atoms with Crippen LogP contribution < -0.4 is 58.9 Å². The van der Waals surface area contributed by atoms with Gasteiger partial charge >= 0.3 is 6.03 Å². The summed E-state index contributed by atoms with van der Waals surface area (Å²) in [6.45, 7) is 0.683. The third-order valence-corrected chi connectivity index (χ3v) is 13.8. The molecule has 10 amide bonds. The Kier molecular flexibility index (Phi) is 24.7. The van der Waals surface area contributed by atoms with Crippen LogP contribution in [0.25, 0.3) is 0 Å². The number of halogens is 1. The Hall–Kier alpha value is -9.39. The van der Waals surface area contributed by atoms with Crippen LogP contribution in [0.15, 0.2) is 127 Å². The van der Waals surface area contributed by atoms with E-state index in [1.54, 1.807) is 78.9 Å². The largest absolute Gasteiger partial charge is 0.508 e. The molecule has 25 heteroatoms. The second-order valence-electron chi connectivity index (χ2n) is 20.3. The fraction of sp³-hybridized carbons (Fsp3) is 0.333. The molecule has 5 aromatic carbocycles. The number of carbonyl (C=O) groups excluding carboxylic acids is 10. The van der Waals surface area contributed by atoms with Crippen LogP contribution in [0.1, 0.15) is 61.3 Å². The van der Waals surface area contributed by atoms with Crippen molar-refractivity contribution in [3.8, 4) is 11.5 Å². The van der Waals surface area contributed by atoms with Gasteiger partial charge in [-0.05, 0) is 128 Å². The molecule has 0 radical (unpaired) electrons. The lowest BCUT2D eigenvalue weighted by atomic mass is 10.0. The number of phenolic OH excluding ortho intramolecular Hbond substituents is 2. The number of aryl methyl sites for hydroxylation is 1. The zero-order chi connectivity index (χ0) is 61.4. The van der Waals surface area contributed by atoms with E-state index in [0.29, 0.717) is 45.8 Å². The van der Waals surface area contributed by atoms with Crippen molar-refractivity contribution >= 4 is 82.6 Å². The average molecular weight is 1190 g/mol. The number of anilines is 2. The first-order valence-corrected chi connectivity index (χ1v) is 27.9. The molecule has 5 aromatic rings. The Balaban J connectivity index is 1.38. The lowest BCUT2D eigenvalue weighted by Gasteiger charge is -2.29. The number of carbonyl (C=O) groups is 10. The monoisotopic (exact) mass is 1190 g/mol. The van der Waals surface area contributed by atoms with Gasteiger partial charge in [-0.15, -0.1) is 0 Å². The third-order valence-electron chi connectivity index (χ3n) is 13.6. The van der Waals surface area contributed by atoms with E-state index in [4.69, 9.17) is 17.3 Å². The van der Waals surface area contributed by atoms with E-state index in [-0.39, 0.29) is 63.0 Å². The predicted octanol–water partition coefficient (Wildman–Crippen LogP) is 1.68. The Labute approximate surface area is 495 Å². The molecule has 15 N–H and O–H groups in total. The lowest BCUT2D eigenvalue weighted by molar-refractivity contribution is -0.137. The topological polar surface area (TPSA) is 378 Å². The first kappa shape index (κ1) is 64.8. The van der Waals surface area contributed by atoms with Crippen LogP contribution in [-0.4, -0.2) is 136 Å². The molecular weight excluding hydrogens is 1120 g/mol. The molecule has 0 bridgehead atoms. The molecule has 24 nitrogen and oxygen atoms in total. The molecule has 1 aliphatic rings. The molecule has 1 saturated heterocycles. The van der Waals surface area contributed by atoms with Gasteiger partial charge in [-0.1, -0.05) is 78.3 Å². The number of hydrogen-bond acceptors (Lipinski definition) is 14. The fourth-order valence-electron chi connectivity index (χ4n) is 8.93. The Bertz CT molecular complexity index is 3100. The number of unbranched alkanes of at least 4 members (excludes halogenated alkanes) is 1. The molecule has 8 atom stereocenters. The van der Waals surface area contributed by atoms with Gasteiger partial charge in [0.05, 0.1) is 18.6 Å².